The Morgan fingerprint density at radius 2 is 2.06 bits per heavy atom. The molecule has 0 radical (unpaired) electrons. The topological polar surface area (TPSA) is 46.3 Å². The van der Waals surface area contributed by atoms with Crippen LogP contribution in [0.5, 0.6) is 0 Å². The van der Waals surface area contributed by atoms with E-state index < -0.39 is 0 Å². The van der Waals surface area contributed by atoms with Gasteiger partial charge in [-0.05, 0) is 30.9 Å². The molecule has 1 unspecified atom stereocenters. The first-order valence-electron chi connectivity index (χ1n) is 6.60. The second kappa shape index (κ2) is 4.73. The van der Waals surface area contributed by atoms with E-state index in [0.29, 0.717) is 12.5 Å². The second-order valence-electron chi connectivity index (χ2n) is 5.58. The van der Waals surface area contributed by atoms with Gasteiger partial charge < -0.3 is 10.6 Å². The van der Waals surface area contributed by atoms with Crippen molar-refractivity contribution in [3.63, 3.8) is 0 Å². The average molecular weight is 246 g/mol. The van der Waals surface area contributed by atoms with Crippen molar-refractivity contribution in [2.24, 2.45) is 11.7 Å². The molecule has 2 N–H and O–H groups in total. The van der Waals surface area contributed by atoms with Crippen molar-refractivity contribution >= 4 is 5.91 Å². The fourth-order valence-corrected chi connectivity index (χ4v) is 2.57. The van der Waals surface area contributed by atoms with E-state index in [-0.39, 0.29) is 11.4 Å². The first kappa shape index (κ1) is 13.1. The van der Waals surface area contributed by atoms with Gasteiger partial charge in [0.1, 0.15) is 0 Å². The molecular weight excluding hydrogens is 224 g/mol. The van der Waals surface area contributed by atoms with E-state index in [1.165, 1.54) is 0 Å². The minimum absolute atomic E-state index is 0.124. The molecule has 1 amide bonds. The lowest BCUT2D eigenvalue weighted by molar-refractivity contribution is 0.0376. The zero-order valence-electron chi connectivity index (χ0n) is 11.4. The summed E-state index contributed by atoms with van der Waals surface area (Å²) in [5.41, 5.74) is 7.66. The van der Waals surface area contributed by atoms with Gasteiger partial charge in [0.05, 0.1) is 5.54 Å². The lowest BCUT2D eigenvalue weighted by Crippen LogP contribution is -2.59. The van der Waals surface area contributed by atoms with E-state index in [0.717, 1.165) is 24.1 Å². The van der Waals surface area contributed by atoms with Crippen LogP contribution in [-0.2, 0) is 6.42 Å². The van der Waals surface area contributed by atoms with Crippen LogP contribution in [-0.4, -0.2) is 29.4 Å². The van der Waals surface area contributed by atoms with Gasteiger partial charge in [0.25, 0.3) is 5.91 Å². The van der Waals surface area contributed by atoms with E-state index in [1.54, 1.807) is 0 Å². The molecule has 0 bridgehead atoms. The molecule has 1 aliphatic heterocycles. The van der Waals surface area contributed by atoms with Crippen molar-refractivity contribution in [3.05, 3.63) is 35.4 Å². The molecular formula is C15H22N2O. The summed E-state index contributed by atoms with van der Waals surface area (Å²) < 4.78 is 0. The standard InChI is InChI=1S/C15H22N2O/c1-11(2)15(3,10-16)17-9-8-12-6-4-5-7-13(12)14(17)18/h4-7,11H,8-10,16H2,1-3H3. The summed E-state index contributed by atoms with van der Waals surface area (Å²) in [5, 5.41) is 0. The van der Waals surface area contributed by atoms with Crippen LogP contribution in [0.1, 0.15) is 36.7 Å². The molecule has 0 aliphatic carbocycles. The highest BCUT2D eigenvalue weighted by atomic mass is 16.2. The first-order valence-corrected chi connectivity index (χ1v) is 6.60. The van der Waals surface area contributed by atoms with Crippen LogP contribution in [0.4, 0.5) is 0 Å². The van der Waals surface area contributed by atoms with Crippen molar-refractivity contribution in [3.8, 4) is 0 Å². The largest absolute Gasteiger partial charge is 0.331 e. The fraction of sp³-hybridized carbons (Fsp3) is 0.533. The van der Waals surface area contributed by atoms with Gasteiger partial charge in [0, 0.05) is 18.7 Å². The predicted octanol–water partition coefficient (Wildman–Crippen LogP) is 2.06. The Morgan fingerprint density at radius 1 is 1.39 bits per heavy atom. The number of nitrogens with zero attached hydrogens (tertiary/aromatic N) is 1. The van der Waals surface area contributed by atoms with Crippen LogP contribution >= 0.6 is 0 Å². The summed E-state index contributed by atoms with van der Waals surface area (Å²) in [7, 11) is 0. The molecule has 0 aromatic heterocycles. The molecule has 1 aliphatic rings. The number of amides is 1. The molecule has 2 rings (SSSR count). The number of hydrogen-bond donors (Lipinski definition) is 1. The smallest absolute Gasteiger partial charge is 0.254 e. The van der Waals surface area contributed by atoms with Crippen molar-refractivity contribution in [1.82, 2.24) is 4.90 Å². The molecule has 1 aromatic rings. The van der Waals surface area contributed by atoms with Crippen LogP contribution in [0.15, 0.2) is 24.3 Å². The lowest BCUT2D eigenvalue weighted by atomic mass is 9.84. The minimum atomic E-state index is -0.259. The number of rotatable bonds is 3. The van der Waals surface area contributed by atoms with Crippen LogP contribution in [0, 0.1) is 5.92 Å². The van der Waals surface area contributed by atoms with Gasteiger partial charge in [0.15, 0.2) is 0 Å². The predicted molar refractivity (Wildman–Crippen MR) is 73.5 cm³/mol. The maximum atomic E-state index is 12.6. The molecule has 3 heteroatoms. The lowest BCUT2D eigenvalue weighted by Gasteiger charge is -2.46. The Kier molecular flexibility index (Phi) is 3.44. The Labute approximate surface area is 109 Å². The molecule has 0 saturated heterocycles. The highest BCUT2D eigenvalue weighted by Gasteiger charge is 2.39. The van der Waals surface area contributed by atoms with E-state index in [4.69, 9.17) is 5.73 Å². The highest BCUT2D eigenvalue weighted by molar-refractivity contribution is 5.97. The Balaban J connectivity index is 2.37. The SMILES string of the molecule is CC(C)C(C)(CN)N1CCc2ccccc2C1=O. The number of carbonyl (C=O) groups excluding carboxylic acids is 1. The number of carbonyl (C=O) groups is 1. The molecule has 1 aromatic carbocycles. The summed E-state index contributed by atoms with van der Waals surface area (Å²) in [6.45, 7) is 7.60. The normalized spacial score (nSPS) is 18.7. The zero-order valence-corrected chi connectivity index (χ0v) is 11.4. The van der Waals surface area contributed by atoms with Gasteiger partial charge in [-0.1, -0.05) is 32.0 Å². The monoisotopic (exact) mass is 246 g/mol. The van der Waals surface area contributed by atoms with Gasteiger partial charge in [0.2, 0.25) is 0 Å². The molecule has 1 heterocycles. The number of hydrogen-bond acceptors (Lipinski definition) is 2. The van der Waals surface area contributed by atoms with Crippen molar-refractivity contribution in [1.29, 1.82) is 0 Å². The Bertz CT molecular complexity index is 456. The zero-order chi connectivity index (χ0) is 13.3. The van der Waals surface area contributed by atoms with E-state index in [2.05, 4.69) is 20.8 Å². The van der Waals surface area contributed by atoms with Gasteiger partial charge in [-0.2, -0.15) is 0 Å². The number of nitrogens with two attached hydrogens (primary N) is 1. The van der Waals surface area contributed by atoms with Gasteiger partial charge >= 0.3 is 0 Å². The summed E-state index contributed by atoms with van der Waals surface area (Å²) >= 11 is 0. The molecule has 18 heavy (non-hydrogen) atoms. The summed E-state index contributed by atoms with van der Waals surface area (Å²) in [5.74, 6) is 0.468. The quantitative estimate of drug-likeness (QED) is 0.887. The van der Waals surface area contributed by atoms with Gasteiger partial charge in [-0.15, -0.1) is 0 Å². The molecule has 0 fully saturated rings. The van der Waals surface area contributed by atoms with Crippen molar-refractivity contribution in [2.75, 3.05) is 13.1 Å². The average Bonchev–Trinajstić information content (AvgIpc) is 2.38. The Morgan fingerprint density at radius 3 is 2.67 bits per heavy atom. The van der Waals surface area contributed by atoms with Crippen molar-refractivity contribution in [2.45, 2.75) is 32.7 Å². The molecule has 3 nitrogen and oxygen atoms in total. The molecule has 1 atom stereocenters. The van der Waals surface area contributed by atoms with E-state index in [9.17, 15) is 4.79 Å². The molecule has 0 saturated carbocycles. The third kappa shape index (κ3) is 1.93. The van der Waals surface area contributed by atoms with Crippen molar-refractivity contribution < 1.29 is 4.79 Å². The van der Waals surface area contributed by atoms with Gasteiger partial charge in [-0.3, -0.25) is 4.79 Å². The third-order valence-corrected chi connectivity index (χ3v) is 4.37. The van der Waals surface area contributed by atoms with Gasteiger partial charge in [-0.25, -0.2) is 0 Å². The van der Waals surface area contributed by atoms with Crippen LogP contribution < -0.4 is 5.73 Å². The Hall–Kier alpha value is -1.35. The van der Waals surface area contributed by atoms with E-state index >= 15 is 0 Å². The maximum Gasteiger partial charge on any atom is 0.254 e. The third-order valence-electron chi connectivity index (χ3n) is 4.37. The minimum Gasteiger partial charge on any atom is -0.331 e. The maximum absolute atomic E-state index is 12.6. The number of fused-ring (bicyclic) bond motifs is 1. The van der Waals surface area contributed by atoms with Crippen LogP contribution in [0.2, 0.25) is 0 Å². The highest BCUT2D eigenvalue weighted by Crippen LogP contribution is 2.29. The molecule has 98 valence electrons. The summed E-state index contributed by atoms with van der Waals surface area (Å²) in [6, 6.07) is 7.88. The van der Waals surface area contributed by atoms with Crippen LogP contribution in [0.25, 0.3) is 0 Å². The first-order chi connectivity index (χ1) is 8.50. The van der Waals surface area contributed by atoms with E-state index in [1.807, 2.05) is 29.2 Å². The fourth-order valence-electron chi connectivity index (χ4n) is 2.57. The van der Waals surface area contributed by atoms with Crippen LogP contribution in [0.3, 0.4) is 0 Å². The summed E-state index contributed by atoms with van der Waals surface area (Å²) in [4.78, 5) is 14.6. The molecule has 0 spiro atoms. The second-order valence-corrected chi connectivity index (χ2v) is 5.58. The summed E-state index contributed by atoms with van der Waals surface area (Å²) in [6.07, 6.45) is 0.921. The number of benzene rings is 1.